The molecule has 1 heteroatoms. The molecule has 0 aromatic rings. The van der Waals surface area contributed by atoms with Crippen molar-refractivity contribution in [2.75, 3.05) is 24.6 Å². The third kappa shape index (κ3) is 6.56. The van der Waals surface area contributed by atoms with Gasteiger partial charge < -0.3 is 0 Å². The summed E-state index contributed by atoms with van der Waals surface area (Å²) in [6.07, 6.45) is 15.1. The molecule has 0 fully saturated rings. The van der Waals surface area contributed by atoms with Crippen molar-refractivity contribution in [2.45, 2.75) is 66.2 Å². The van der Waals surface area contributed by atoms with Gasteiger partial charge in [-0.1, -0.05) is 0 Å². The van der Waals surface area contributed by atoms with E-state index in [1.165, 1.54) is 38.5 Å². The van der Waals surface area contributed by atoms with Crippen molar-refractivity contribution in [1.82, 2.24) is 0 Å². The predicted molar refractivity (Wildman–Crippen MR) is 78.2 cm³/mol. The third-order valence-electron chi connectivity index (χ3n) is 3.68. The van der Waals surface area contributed by atoms with Crippen LogP contribution >= 0.6 is 7.26 Å². The SMILES string of the molecule is CCCC[PH](CCC)(CCC)CCCC. The van der Waals surface area contributed by atoms with E-state index in [1.807, 2.05) is 0 Å². The Bertz CT molecular complexity index is 115. The summed E-state index contributed by atoms with van der Waals surface area (Å²) in [5.41, 5.74) is 0. The van der Waals surface area contributed by atoms with Crippen molar-refractivity contribution >= 4 is 7.26 Å². The molecule has 0 rings (SSSR count). The van der Waals surface area contributed by atoms with E-state index in [2.05, 4.69) is 27.7 Å². The molecule has 0 radical (unpaired) electrons. The maximum atomic E-state index is 2.38. The molecule has 0 N–H and O–H groups in total. The fourth-order valence-corrected chi connectivity index (χ4v) is 8.74. The normalized spacial score (nSPS) is 13.1. The van der Waals surface area contributed by atoms with Crippen LogP contribution in [-0.4, -0.2) is 24.6 Å². The summed E-state index contributed by atoms with van der Waals surface area (Å²) in [6.45, 7) is 9.46. The molecular weight excluding hydrogens is 199 g/mol. The zero-order valence-electron chi connectivity index (χ0n) is 11.6. The summed E-state index contributed by atoms with van der Waals surface area (Å²) in [5.74, 6) is 0. The molecule has 0 atom stereocenters. The van der Waals surface area contributed by atoms with Crippen LogP contribution in [0.15, 0.2) is 0 Å². The van der Waals surface area contributed by atoms with Crippen LogP contribution in [0.2, 0.25) is 0 Å². The fourth-order valence-electron chi connectivity index (χ4n) is 2.91. The predicted octanol–water partition coefficient (Wildman–Crippen LogP) is 5.16. The molecule has 15 heavy (non-hydrogen) atoms. The molecule has 0 bridgehead atoms. The number of hydrogen-bond acceptors (Lipinski definition) is 0. The molecule has 0 spiro atoms. The van der Waals surface area contributed by atoms with Gasteiger partial charge in [0, 0.05) is 0 Å². The van der Waals surface area contributed by atoms with Gasteiger partial charge in [-0.05, 0) is 0 Å². The zero-order chi connectivity index (χ0) is 11.6. The molecule has 0 aliphatic rings. The molecule has 0 saturated carbocycles. The van der Waals surface area contributed by atoms with Crippen molar-refractivity contribution < 1.29 is 0 Å². The summed E-state index contributed by atoms with van der Waals surface area (Å²) >= 11 is 0. The Hall–Kier alpha value is 0.430. The van der Waals surface area contributed by atoms with Crippen molar-refractivity contribution in [3.8, 4) is 0 Å². The first kappa shape index (κ1) is 15.4. The second-order valence-corrected chi connectivity index (χ2v) is 10.2. The van der Waals surface area contributed by atoms with Crippen molar-refractivity contribution in [3.05, 3.63) is 0 Å². The van der Waals surface area contributed by atoms with Crippen LogP contribution in [0.1, 0.15) is 66.2 Å². The van der Waals surface area contributed by atoms with Crippen LogP contribution in [0.5, 0.6) is 0 Å². The maximum absolute atomic E-state index is 2.38. The number of rotatable bonds is 10. The summed E-state index contributed by atoms with van der Waals surface area (Å²) in [7, 11) is -0.837. The van der Waals surface area contributed by atoms with Crippen LogP contribution in [0.4, 0.5) is 0 Å². The van der Waals surface area contributed by atoms with Crippen LogP contribution in [0.3, 0.4) is 0 Å². The molecule has 0 nitrogen and oxygen atoms in total. The quantitative estimate of drug-likeness (QED) is 0.457. The Morgan fingerprint density at radius 3 is 1.20 bits per heavy atom. The van der Waals surface area contributed by atoms with Crippen LogP contribution in [0.25, 0.3) is 0 Å². The van der Waals surface area contributed by atoms with E-state index in [0.717, 1.165) is 0 Å². The molecule has 0 aliphatic carbocycles. The Kier molecular flexibility index (Phi) is 9.92. The first-order chi connectivity index (χ1) is 7.24. The minimum atomic E-state index is -0.837. The second kappa shape index (κ2) is 9.64. The first-order valence-electron chi connectivity index (χ1n) is 7.24. The summed E-state index contributed by atoms with van der Waals surface area (Å²) in [4.78, 5) is 0. The minimum absolute atomic E-state index is 0.837. The average Bonchev–Trinajstić information content (AvgIpc) is 2.24. The van der Waals surface area contributed by atoms with Crippen molar-refractivity contribution in [2.24, 2.45) is 0 Å². The molecule has 0 aromatic heterocycles. The van der Waals surface area contributed by atoms with Gasteiger partial charge in [0.1, 0.15) is 0 Å². The standard InChI is InChI=1S/C14H33P/c1-5-9-13-15(11-7-3,12-8-4)14-10-6-2/h15H,5-14H2,1-4H3. The molecule has 94 valence electrons. The molecule has 0 saturated heterocycles. The third-order valence-corrected chi connectivity index (χ3v) is 9.63. The van der Waals surface area contributed by atoms with Crippen LogP contribution < -0.4 is 0 Å². The molecule has 0 amide bonds. The molecule has 0 unspecified atom stereocenters. The van der Waals surface area contributed by atoms with E-state index in [0.29, 0.717) is 0 Å². The van der Waals surface area contributed by atoms with E-state index in [9.17, 15) is 0 Å². The van der Waals surface area contributed by atoms with E-state index in [-0.39, 0.29) is 0 Å². The van der Waals surface area contributed by atoms with Crippen LogP contribution in [0, 0.1) is 0 Å². The van der Waals surface area contributed by atoms with Gasteiger partial charge in [-0.15, -0.1) is 0 Å². The van der Waals surface area contributed by atoms with E-state index in [4.69, 9.17) is 0 Å². The van der Waals surface area contributed by atoms with E-state index >= 15 is 0 Å². The van der Waals surface area contributed by atoms with Gasteiger partial charge in [-0.25, -0.2) is 0 Å². The summed E-state index contributed by atoms with van der Waals surface area (Å²) in [5, 5.41) is 0. The van der Waals surface area contributed by atoms with Gasteiger partial charge in [-0.3, -0.25) is 0 Å². The molecule has 0 aromatic carbocycles. The Labute approximate surface area is 98.6 Å². The summed E-state index contributed by atoms with van der Waals surface area (Å²) in [6, 6.07) is 0. The van der Waals surface area contributed by atoms with Gasteiger partial charge >= 0.3 is 98.1 Å². The Balaban J connectivity index is 4.26. The second-order valence-electron chi connectivity index (χ2n) is 5.21. The topological polar surface area (TPSA) is 0 Å². The van der Waals surface area contributed by atoms with Crippen LogP contribution in [-0.2, 0) is 0 Å². The van der Waals surface area contributed by atoms with Gasteiger partial charge in [0.15, 0.2) is 0 Å². The first-order valence-corrected chi connectivity index (χ1v) is 10.1. The number of unbranched alkanes of at least 4 members (excludes halogenated alkanes) is 2. The molecular formula is C14H33P. The Morgan fingerprint density at radius 1 is 0.533 bits per heavy atom. The van der Waals surface area contributed by atoms with E-state index in [1.54, 1.807) is 24.6 Å². The number of hydrogen-bond donors (Lipinski definition) is 0. The van der Waals surface area contributed by atoms with Gasteiger partial charge in [0.2, 0.25) is 0 Å². The fraction of sp³-hybridized carbons (Fsp3) is 1.00. The molecule has 0 aliphatic heterocycles. The monoisotopic (exact) mass is 232 g/mol. The average molecular weight is 232 g/mol. The Morgan fingerprint density at radius 2 is 0.933 bits per heavy atom. The van der Waals surface area contributed by atoms with Gasteiger partial charge in [0.05, 0.1) is 0 Å². The van der Waals surface area contributed by atoms with Crippen molar-refractivity contribution in [1.29, 1.82) is 0 Å². The van der Waals surface area contributed by atoms with Crippen molar-refractivity contribution in [3.63, 3.8) is 0 Å². The van der Waals surface area contributed by atoms with Gasteiger partial charge in [-0.2, -0.15) is 0 Å². The van der Waals surface area contributed by atoms with Gasteiger partial charge in [0.25, 0.3) is 0 Å². The summed E-state index contributed by atoms with van der Waals surface area (Å²) < 4.78 is 0. The molecule has 0 heterocycles. The van der Waals surface area contributed by atoms with E-state index < -0.39 is 7.26 Å². The zero-order valence-corrected chi connectivity index (χ0v) is 12.6.